The van der Waals surface area contributed by atoms with Gasteiger partial charge < -0.3 is 4.90 Å². The Bertz CT molecular complexity index is 1470. The van der Waals surface area contributed by atoms with Crippen molar-refractivity contribution in [1.29, 1.82) is 5.26 Å². The fourth-order valence-corrected chi connectivity index (χ4v) is 5.29. The highest BCUT2D eigenvalue weighted by atomic mass is 127. The molecular formula is C26H25IN6O. The lowest BCUT2D eigenvalue weighted by Gasteiger charge is -2.26. The fraction of sp³-hybridized carbons (Fsp3) is 0.308. The van der Waals surface area contributed by atoms with Crippen LogP contribution in [-0.2, 0) is 7.05 Å². The molecule has 1 saturated heterocycles. The Morgan fingerprint density at radius 1 is 1.06 bits per heavy atom. The van der Waals surface area contributed by atoms with Crippen LogP contribution in [0.3, 0.4) is 0 Å². The molecule has 0 saturated carbocycles. The number of imidazole rings is 1. The van der Waals surface area contributed by atoms with Gasteiger partial charge in [0.15, 0.2) is 0 Å². The predicted octanol–water partition coefficient (Wildman–Crippen LogP) is 5.15. The summed E-state index contributed by atoms with van der Waals surface area (Å²) in [5.74, 6) is 0.681. The van der Waals surface area contributed by atoms with Crippen molar-refractivity contribution in [1.82, 2.24) is 24.2 Å². The van der Waals surface area contributed by atoms with Crippen LogP contribution in [0.4, 0.5) is 0 Å². The van der Waals surface area contributed by atoms with Crippen molar-refractivity contribution in [3.63, 3.8) is 0 Å². The monoisotopic (exact) mass is 564 g/mol. The summed E-state index contributed by atoms with van der Waals surface area (Å²) in [6, 6.07) is 14.0. The van der Waals surface area contributed by atoms with Gasteiger partial charge in [-0.2, -0.15) is 10.4 Å². The molecule has 3 heterocycles. The lowest BCUT2D eigenvalue weighted by Crippen LogP contribution is -2.36. The first-order chi connectivity index (χ1) is 16.4. The van der Waals surface area contributed by atoms with E-state index in [0.29, 0.717) is 17.1 Å². The Labute approximate surface area is 212 Å². The molecule has 2 aromatic heterocycles. The predicted molar refractivity (Wildman–Crippen MR) is 140 cm³/mol. The quantitative estimate of drug-likeness (QED) is 0.323. The summed E-state index contributed by atoms with van der Waals surface area (Å²) in [4.78, 5) is 20.3. The lowest BCUT2D eigenvalue weighted by atomic mass is 10.1. The number of halogens is 1. The van der Waals surface area contributed by atoms with Gasteiger partial charge in [-0.1, -0.05) is 0 Å². The third-order valence-corrected chi connectivity index (χ3v) is 7.56. The number of likely N-dealkylation sites (tertiary alicyclic amines) is 1. The van der Waals surface area contributed by atoms with Crippen LogP contribution in [0.1, 0.15) is 46.7 Å². The molecule has 2 aromatic carbocycles. The number of carbonyl (C=O) groups is 1. The van der Waals surface area contributed by atoms with Crippen molar-refractivity contribution < 1.29 is 4.79 Å². The largest absolute Gasteiger partial charge is 0.337 e. The molecule has 34 heavy (non-hydrogen) atoms. The molecule has 0 unspecified atom stereocenters. The minimum absolute atomic E-state index is 0.0146. The molecule has 0 aliphatic carbocycles. The van der Waals surface area contributed by atoms with Gasteiger partial charge in [0.1, 0.15) is 17.6 Å². The van der Waals surface area contributed by atoms with Crippen LogP contribution >= 0.6 is 22.6 Å². The van der Waals surface area contributed by atoms with Crippen molar-refractivity contribution >= 4 is 39.4 Å². The zero-order valence-electron chi connectivity index (χ0n) is 19.5. The van der Waals surface area contributed by atoms with Crippen LogP contribution in [-0.4, -0.2) is 43.2 Å². The van der Waals surface area contributed by atoms with Crippen LogP contribution in [0, 0.1) is 28.7 Å². The van der Waals surface area contributed by atoms with Gasteiger partial charge in [-0.3, -0.25) is 14.0 Å². The number of hydrogen-bond acceptors (Lipinski definition) is 4. The van der Waals surface area contributed by atoms with E-state index in [4.69, 9.17) is 4.98 Å². The molecular weight excluding hydrogens is 539 g/mol. The molecule has 0 N–H and O–H groups in total. The summed E-state index contributed by atoms with van der Waals surface area (Å²) in [5, 5.41) is 15.0. The van der Waals surface area contributed by atoms with E-state index in [2.05, 4.69) is 51.3 Å². The van der Waals surface area contributed by atoms with E-state index in [1.807, 2.05) is 53.9 Å². The molecule has 172 valence electrons. The summed E-state index contributed by atoms with van der Waals surface area (Å²) in [5.41, 5.74) is 5.73. The van der Waals surface area contributed by atoms with Crippen molar-refractivity contribution in [2.24, 2.45) is 7.05 Å². The molecule has 0 atom stereocenters. The SMILES string of the molecule is Cc1c2cc(-n3c(-c4ccc(C#N)c(I)c4)nc(C(=O)N4CCCCC4)c3C)ccc2nn1C. The molecule has 8 heteroatoms. The van der Waals surface area contributed by atoms with E-state index in [1.165, 1.54) is 0 Å². The van der Waals surface area contributed by atoms with E-state index in [1.54, 1.807) is 0 Å². The summed E-state index contributed by atoms with van der Waals surface area (Å²) < 4.78 is 4.79. The maximum Gasteiger partial charge on any atom is 0.274 e. The maximum absolute atomic E-state index is 13.5. The summed E-state index contributed by atoms with van der Waals surface area (Å²) in [6.45, 7) is 5.56. The zero-order valence-corrected chi connectivity index (χ0v) is 21.6. The van der Waals surface area contributed by atoms with Gasteiger partial charge in [0.05, 0.1) is 16.8 Å². The van der Waals surface area contributed by atoms with Crippen molar-refractivity contribution in [2.45, 2.75) is 33.1 Å². The van der Waals surface area contributed by atoms with Crippen molar-refractivity contribution in [2.75, 3.05) is 13.1 Å². The first-order valence-electron chi connectivity index (χ1n) is 11.4. The number of rotatable bonds is 3. The third-order valence-electron chi connectivity index (χ3n) is 6.67. The zero-order chi connectivity index (χ0) is 24.0. The number of carbonyl (C=O) groups excluding carboxylic acids is 1. The highest BCUT2D eigenvalue weighted by molar-refractivity contribution is 14.1. The fourth-order valence-electron chi connectivity index (χ4n) is 4.66. The molecule has 0 bridgehead atoms. The molecule has 0 radical (unpaired) electrons. The van der Waals surface area contributed by atoms with E-state index < -0.39 is 0 Å². The Morgan fingerprint density at radius 3 is 2.53 bits per heavy atom. The number of aryl methyl sites for hydroxylation is 2. The van der Waals surface area contributed by atoms with Crippen LogP contribution in [0.15, 0.2) is 36.4 Å². The van der Waals surface area contributed by atoms with Gasteiger partial charge in [-0.05, 0) is 92.1 Å². The smallest absolute Gasteiger partial charge is 0.274 e. The second-order valence-corrected chi connectivity index (χ2v) is 9.94. The molecule has 1 aliphatic heterocycles. The van der Waals surface area contributed by atoms with Crippen LogP contribution < -0.4 is 0 Å². The second kappa shape index (κ2) is 8.87. The Morgan fingerprint density at radius 2 is 1.82 bits per heavy atom. The lowest BCUT2D eigenvalue weighted by molar-refractivity contribution is 0.0718. The molecule has 1 fully saturated rings. The van der Waals surface area contributed by atoms with E-state index in [0.717, 1.165) is 69.5 Å². The minimum atomic E-state index is -0.0146. The highest BCUT2D eigenvalue weighted by Crippen LogP contribution is 2.31. The highest BCUT2D eigenvalue weighted by Gasteiger charge is 2.27. The number of amides is 1. The first kappa shape index (κ1) is 22.6. The molecule has 1 aliphatic rings. The first-order valence-corrected chi connectivity index (χ1v) is 12.5. The topological polar surface area (TPSA) is 79.7 Å². The Balaban J connectivity index is 1.71. The third kappa shape index (κ3) is 3.78. The number of aromatic nitrogens is 4. The molecule has 4 aromatic rings. The van der Waals surface area contributed by atoms with Crippen LogP contribution in [0.5, 0.6) is 0 Å². The van der Waals surface area contributed by atoms with Crippen LogP contribution in [0.25, 0.3) is 28.0 Å². The average molecular weight is 564 g/mol. The van der Waals surface area contributed by atoms with E-state index >= 15 is 0 Å². The van der Waals surface area contributed by atoms with Crippen LogP contribution in [0.2, 0.25) is 0 Å². The number of nitrogens with zero attached hydrogens (tertiary/aromatic N) is 6. The molecule has 0 spiro atoms. The number of nitriles is 1. The number of benzene rings is 2. The van der Waals surface area contributed by atoms with Gasteiger partial charge in [0.25, 0.3) is 5.91 Å². The molecule has 7 nitrogen and oxygen atoms in total. The average Bonchev–Trinajstić information content (AvgIpc) is 3.34. The van der Waals surface area contributed by atoms with Gasteiger partial charge >= 0.3 is 0 Å². The minimum Gasteiger partial charge on any atom is -0.337 e. The number of hydrogen-bond donors (Lipinski definition) is 0. The summed E-state index contributed by atoms with van der Waals surface area (Å²) >= 11 is 2.18. The van der Waals surface area contributed by atoms with Gasteiger partial charge in [0.2, 0.25) is 0 Å². The summed E-state index contributed by atoms with van der Waals surface area (Å²) in [7, 11) is 1.94. The maximum atomic E-state index is 13.5. The van der Waals surface area contributed by atoms with E-state index in [-0.39, 0.29) is 5.91 Å². The Kier molecular flexibility index (Phi) is 5.90. The van der Waals surface area contributed by atoms with Gasteiger partial charge in [-0.15, -0.1) is 0 Å². The number of piperidine rings is 1. The van der Waals surface area contributed by atoms with Crippen molar-refractivity contribution in [3.8, 4) is 23.1 Å². The molecule has 1 amide bonds. The Hall–Kier alpha value is -3.19. The van der Waals surface area contributed by atoms with Gasteiger partial charge in [-0.25, -0.2) is 4.98 Å². The normalized spacial score (nSPS) is 13.9. The standard InChI is InChI=1S/C26H25IN6O/c1-16-21-14-20(9-10-23(21)30-31(16)3)33-17(2)24(26(34)32-11-5-4-6-12-32)29-25(33)18-7-8-19(15-28)22(27)13-18/h7-10,13-14H,4-6,11-12H2,1-3H3. The second-order valence-electron chi connectivity index (χ2n) is 8.77. The summed E-state index contributed by atoms with van der Waals surface area (Å²) in [6.07, 6.45) is 3.23. The molecule has 5 rings (SSSR count). The number of fused-ring (bicyclic) bond motifs is 1. The van der Waals surface area contributed by atoms with Gasteiger partial charge in [0, 0.05) is 46.0 Å². The van der Waals surface area contributed by atoms with E-state index in [9.17, 15) is 10.1 Å². The van der Waals surface area contributed by atoms with Crippen molar-refractivity contribution in [3.05, 3.63) is 62.6 Å².